The standard InChI is InChI=1S/C32H37FN2O.C3H8O.C2H4O2.2C2H6/c1-5-7-9-10-14-22-34-32(36)29-28(25-16-12-11-13-17-25)31(26-18-20-27(33)21-19-26)35(23-15-8-6-2)30(29)24(3)4;1-2-3-4;1-4-2-3;2*1-2/h5,7,9-14,16-22,24H,6,8,15,23H2,1-4H3,(H,34,36);4H,2-3H2,1H3;2H,1H3;2*1-2H3/b7-5-,10-9-,22-14+;;;;. The van der Waals surface area contributed by atoms with Gasteiger partial charge in [-0.2, -0.15) is 0 Å². The second kappa shape index (κ2) is 30.1. The Balaban J connectivity index is 0. The van der Waals surface area contributed by atoms with Crippen LogP contribution in [0.15, 0.2) is 91.2 Å². The normalized spacial score (nSPS) is 10.3. The number of nitrogens with one attached hydrogen (secondary N) is 1. The Morgan fingerprint density at radius 1 is 0.896 bits per heavy atom. The topological polar surface area (TPSA) is 80.6 Å². The van der Waals surface area contributed by atoms with E-state index in [2.05, 4.69) is 35.4 Å². The van der Waals surface area contributed by atoms with E-state index in [0.29, 0.717) is 18.6 Å². The smallest absolute Gasteiger partial charge is 0.292 e. The van der Waals surface area contributed by atoms with E-state index in [0.717, 1.165) is 60.3 Å². The van der Waals surface area contributed by atoms with Crippen LogP contribution in [0.5, 0.6) is 0 Å². The third-order valence-electron chi connectivity index (χ3n) is 6.40. The van der Waals surface area contributed by atoms with Gasteiger partial charge in [-0.05, 0) is 67.2 Å². The van der Waals surface area contributed by atoms with Crippen molar-refractivity contribution in [2.45, 2.75) is 100 Å². The summed E-state index contributed by atoms with van der Waals surface area (Å²) in [5.41, 5.74) is 5.39. The lowest BCUT2D eigenvalue weighted by Gasteiger charge is -2.17. The first-order valence-electron chi connectivity index (χ1n) is 17.2. The SMILES string of the molecule is CC.CC.CCCO.COC=O.C\C=C/C=C\C=C\NC(=O)c1c(-c2ccccc2)c(-c2ccc(F)cc2)n(CCCCC)c1C(C)C. The van der Waals surface area contributed by atoms with Gasteiger partial charge in [-0.3, -0.25) is 9.59 Å². The van der Waals surface area contributed by atoms with E-state index in [1.807, 2.05) is 114 Å². The van der Waals surface area contributed by atoms with Crippen molar-refractivity contribution in [1.82, 2.24) is 9.88 Å². The van der Waals surface area contributed by atoms with Gasteiger partial charge in [-0.15, -0.1) is 0 Å². The summed E-state index contributed by atoms with van der Waals surface area (Å²) in [6.45, 7) is 19.8. The van der Waals surface area contributed by atoms with Crippen molar-refractivity contribution in [1.29, 1.82) is 0 Å². The van der Waals surface area contributed by atoms with Crippen LogP contribution in [0.2, 0.25) is 0 Å². The summed E-state index contributed by atoms with van der Waals surface area (Å²) < 4.78 is 20.0. The van der Waals surface area contributed by atoms with E-state index in [9.17, 15) is 9.18 Å². The summed E-state index contributed by atoms with van der Waals surface area (Å²) in [5, 5.41) is 10.9. The molecule has 0 aliphatic rings. The predicted octanol–water partition coefficient (Wildman–Crippen LogP) is 10.9. The number of aliphatic hydroxyl groups excluding tert-OH is 1. The number of hydrogen-bond acceptors (Lipinski definition) is 4. The number of rotatable bonds is 13. The molecule has 0 atom stereocenters. The van der Waals surface area contributed by atoms with Crippen molar-refractivity contribution in [2.75, 3.05) is 13.7 Å². The zero-order chi connectivity index (χ0) is 36.7. The molecule has 3 aromatic rings. The van der Waals surface area contributed by atoms with Crippen LogP contribution in [-0.4, -0.2) is 35.8 Å². The van der Waals surface area contributed by atoms with Crippen molar-refractivity contribution in [3.05, 3.63) is 108 Å². The van der Waals surface area contributed by atoms with Crippen LogP contribution in [0.4, 0.5) is 4.39 Å². The highest BCUT2D eigenvalue weighted by molar-refractivity contribution is 6.06. The largest absolute Gasteiger partial charge is 0.471 e. The van der Waals surface area contributed by atoms with Crippen LogP contribution in [-0.2, 0) is 16.1 Å². The first kappa shape index (κ1) is 45.9. The molecule has 1 amide bonds. The number of unbranched alkanes of at least 4 members (excludes halogenated alkanes) is 2. The molecule has 48 heavy (non-hydrogen) atoms. The molecule has 1 aromatic heterocycles. The van der Waals surface area contributed by atoms with Crippen LogP contribution in [0, 0.1) is 5.82 Å². The first-order valence-corrected chi connectivity index (χ1v) is 17.2. The number of allylic oxidation sites excluding steroid dienone is 5. The van der Waals surface area contributed by atoms with Gasteiger partial charge in [0.25, 0.3) is 12.4 Å². The Morgan fingerprint density at radius 2 is 1.46 bits per heavy atom. The number of carbonyl (C=O) groups is 2. The fourth-order valence-electron chi connectivity index (χ4n) is 4.50. The third kappa shape index (κ3) is 16.6. The number of methoxy groups -OCH3 is 1. The van der Waals surface area contributed by atoms with E-state index < -0.39 is 0 Å². The molecule has 7 heteroatoms. The van der Waals surface area contributed by atoms with Crippen LogP contribution in [0.25, 0.3) is 22.4 Å². The summed E-state index contributed by atoms with van der Waals surface area (Å²) in [7, 11) is 1.31. The summed E-state index contributed by atoms with van der Waals surface area (Å²) in [6, 6.07) is 16.6. The average molecular weight is 665 g/mol. The fraction of sp³-hybridized carbons (Fsp3) is 0.415. The van der Waals surface area contributed by atoms with E-state index in [4.69, 9.17) is 9.90 Å². The van der Waals surface area contributed by atoms with E-state index >= 15 is 0 Å². The Bertz CT molecular complexity index is 1320. The molecule has 0 fully saturated rings. The number of amides is 1. The minimum Gasteiger partial charge on any atom is -0.471 e. The molecule has 266 valence electrons. The molecular formula is C41H61FN2O4. The van der Waals surface area contributed by atoms with Gasteiger partial charge >= 0.3 is 0 Å². The van der Waals surface area contributed by atoms with Gasteiger partial charge in [-0.1, -0.05) is 123 Å². The highest BCUT2D eigenvalue weighted by atomic mass is 19.1. The lowest BCUT2D eigenvalue weighted by Crippen LogP contribution is -2.20. The summed E-state index contributed by atoms with van der Waals surface area (Å²) in [4.78, 5) is 22.7. The van der Waals surface area contributed by atoms with Crippen molar-refractivity contribution in [3.63, 3.8) is 0 Å². The van der Waals surface area contributed by atoms with Gasteiger partial charge < -0.3 is 19.7 Å². The van der Waals surface area contributed by atoms with Gasteiger partial charge in [0, 0.05) is 30.6 Å². The van der Waals surface area contributed by atoms with E-state index in [1.165, 1.54) is 19.2 Å². The molecular weight excluding hydrogens is 603 g/mol. The molecule has 6 nitrogen and oxygen atoms in total. The minimum atomic E-state index is -0.276. The predicted molar refractivity (Wildman–Crippen MR) is 203 cm³/mol. The molecule has 3 rings (SSSR count). The number of aromatic nitrogens is 1. The highest BCUT2D eigenvalue weighted by Crippen LogP contribution is 2.42. The summed E-state index contributed by atoms with van der Waals surface area (Å²) in [6.07, 6.45) is 15.2. The van der Waals surface area contributed by atoms with Crippen molar-refractivity contribution in [2.24, 2.45) is 0 Å². The third-order valence-corrected chi connectivity index (χ3v) is 6.40. The molecule has 0 unspecified atom stereocenters. The quantitative estimate of drug-likeness (QED) is 0.108. The first-order chi connectivity index (χ1) is 23.3. The maximum Gasteiger partial charge on any atom is 0.292 e. The molecule has 0 saturated carbocycles. The Hall–Kier alpha value is -4.23. The lowest BCUT2D eigenvalue weighted by molar-refractivity contribution is -0.126. The van der Waals surface area contributed by atoms with Crippen LogP contribution in [0.1, 0.15) is 110 Å². The number of aliphatic hydroxyl groups is 1. The van der Waals surface area contributed by atoms with Crippen LogP contribution < -0.4 is 5.32 Å². The number of halogens is 1. The van der Waals surface area contributed by atoms with Crippen LogP contribution >= 0.6 is 0 Å². The molecule has 0 bridgehead atoms. The molecule has 0 saturated heterocycles. The second-order valence-corrected chi connectivity index (χ2v) is 10.2. The molecule has 2 aromatic carbocycles. The Labute approximate surface area is 290 Å². The van der Waals surface area contributed by atoms with Crippen molar-refractivity contribution >= 4 is 12.4 Å². The lowest BCUT2D eigenvalue weighted by atomic mass is 9.94. The summed E-state index contributed by atoms with van der Waals surface area (Å²) in [5.74, 6) is -0.310. The number of nitrogens with zero attached hydrogens (tertiary/aromatic N) is 1. The Kier molecular flexibility index (Phi) is 28.8. The maximum absolute atomic E-state index is 13.9. The van der Waals surface area contributed by atoms with Gasteiger partial charge in [-0.25, -0.2) is 4.39 Å². The number of carbonyl (C=O) groups excluding carboxylic acids is 2. The van der Waals surface area contributed by atoms with Crippen molar-refractivity contribution < 1.29 is 23.8 Å². The van der Waals surface area contributed by atoms with Gasteiger partial charge in [0.05, 0.1) is 18.4 Å². The number of ether oxygens (including phenoxy) is 1. The highest BCUT2D eigenvalue weighted by Gasteiger charge is 2.29. The molecule has 0 aliphatic carbocycles. The van der Waals surface area contributed by atoms with Crippen LogP contribution in [0.3, 0.4) is 0 Å². The second-order valence-electron chi connectivity index (χ2n) is 10.2. The average Bonchev–Trinajstić information content (AvgIpc) is 3.48. The van der Waals surface area contributed by atoms with Gasteiger partial charge in [0.15, 0.2) is 0 Å². The van der Waals surface area contributed by atoms with Gasteiger partial charge in [0.2, 0.25) is 0 Å². The monoisotopic (exact) mass is 664 g/mol. The number of hydrogen-bond donors (Lipinski definition) is 2. The fourth-order valence-corrected chi connectivity index (χ4v) is 4.50. The molecule has 0 radical (unpaired) electrons. The maximum atomic E-state index is 13.9. The number of benzene rings is 2. The van der Waals surface area contributed by atoms with Gasteiger partial charge in [0.1, 0.15) is 5.82 Å². The van der Waals surface area contributed by atoms with Crippen molar-refractivity contribution in [3.8, 4) is 22.4 Å². The molecule has 0 aliphatic heterocycles. The molecule has 0 spiro atoms. The van der Waals surface area contributed by atoms with E-state index in [1.54, 1.807) is 6.20 Å². The van der Waals surface area contributed by atoms with E-state index in [-0.39, 0.29) is 17.6 Å². The zero-order valence-electron chi connectivity index (χ0n) is 31.1. The molecule has 2 N–H and O–H groups in total. The molecule has 1 heterocycles. The minimum absolute atomic E-state index is 0.114. The zero-order valence-corrected chi connectivity index (χ0v) is 31.1. The summed E-state index contributed by atoms with van der Waals surface area (Å²) >= 11 is 0. The Morgan fingerprint density at radius 3 is 1.94 bits per heavy atom.